The van der Waals surface area contributed by atoms with Gasteiger partial charge in [0.25, 0.3) is 5.91 Å². The largest absolute Gasteiger partial charge is 0.480 e. The van der Waals surface area contributed by atoms with Crippen LogP contribution >= 0.6 is 0 Å². The van der Waals surface area contributed by atoms with Crippen molar-refractivity contribution in [3.8, 4) is 5.88 Å². The Labute approximate surface area is 164 Å². The number of rotatable bonds is 9. The molecule has 148 valence electrons. The number of carboxylic acid groups (broad SMARTS) is 1. The number of hydrogen-bond acceptors (Lipinski definition) is 5. The Kier molecular flexibility index (Phi) is 6.60. The fourth-order valence-electron chi connectivity index (χ4n) is 3.31. The fourth-order valence-corrected chi connectivity index (χ4v) is 3.31. The molecule has 2 aromatic rings. The normalized spacial score (nSPS) is 18.4. The van der Waals surface area contributed by atoms with E-state index in [2.05, 4.69) is 10.3 Å². The van der Waals surface area contributed by atoms with Crippen LogP contribution in [0.1, 0.15) is 35.7 Å². The summed E-state index contributed by atoms with van der Waals surface area (Å²) in [5.74, 6) is -0.590. The lowest BCUT2D eigenvalue weighted by Crippen LogP contribution is -2.54. The van der Waals surface area contributed by atoms with Gasteiger partial charge in [-0.25, -0.2) is 4.98 Å². The van der Waals surface area contributed by atoms with Crippen molar-refractivity contribution in [1.82, 2.24) is 15.2 Å². The smallest absolute Gasteiger partial charge is 0.317 e. The second-order valence-electron chi connectivity index (χ2n) is 6.91. The van der Waals surface area contributed by atoms with E-state index in [0.717, 1.165) is 18.4 Å². The van der Waals surface area contributed by atoms with Crippen molar-refractivity contribution in [3.05, 3.63) is 59.8 Å². The average molecular weight is 383 g/mol. The zero-order valence-electron chi connectivity index (χ0n) is 15.9. The quantitative estimate of drug-likeness (QED) is 0.691. The number of benzene rings is 1. The number of pyridine rings is 1. The van der Waals surface area contributed by atoms with Gasteiger partial charge in [-0.3, -0.25) is 14.5 Å². The topological polar surface area (TPSA) is 91.8 Å². The molecular formula is C21H25N3O4. The van der Waals surface area contributed by atoms with Crippen LogP contribution in [-0.2, 0) is 11.4 Å². The number of amides is 1. The lowest BCUT2D eigenvalue weighted by molar-refractivity contribution is -0.139. The highest BCUT2D eigenvalue weighted by atomic mass is 16.5. The van der Waals surface area contributed by atoms with Crippen molar-refractivity contribution in [2.45, 2.75) is 38.5 Å². The monoisotopic (exact) mass is 383 g/mol. The molecule has 7 heteroatoms. The van der Waals surface area contributed by atoms with Gasteiger partial charge in [-0.2, -0.15) is 0 Å². The summed E-state index contributed by atoms with van der Waals surface area (Å²) in [5.41, 5.74) is 1.53. The van der Waals surface area contributed by atoms with Crippen LogP contribution < -0.4 is 10.1 Å². The number of ether oxygens (including phenoxy) is 1. The van der Waals surface area contributed by atoms with Crippen molar-refractivity contribution >= 4 is 11.9 Å². The third-order valence-electron chi connectivity index (χ3n) is 4.94. The molecule has 1 saturated carbocycles. The van der Waals surface area contributed by atoms with Gasteiger partial charge in [0.15, 0.2) is 0 Å². The minimum absolute atomic E-state index is 0.0360. The zero-order chi connectivity index (χ0) is 19.9. The molecule has 0 aliphatic heterocycles. The number of carboxylic acids is 1. The minimum Gasteiger partial charge on any atom is -0.480 e. The fraction of sp³-hybridized carbons (Fsp3) is 0.381. The van der Waals surface area contributed by atoms with Gasteiger partial charge in [0.05, 0.1) is 6.54 Å². The van der Waals surface area contributed by atoms with Gasteiger partial charge in [-0.15, -0.1) is 0 Å². The van der Waals surface area contributed by atoms with Crippen LogP contribution in [0.2, 0.25) is 0 Å². The van der Waals surface area contributed by atoms with E-state index in [9.17, 15) is 9.59 Å². The summed E-state index contributed by atoms with van der Waals surface area (Å²) < 4.78 is 5.67. The maximum absolute atomic E-state index is 12.5. The number of carbonyl (C=O) groups is 2. The number of aromatic nitrogens is 1. The lowest BCUT2D eigenvalue weighted by Gasteiger charge is -2.42. The van der Waals surface area contributed by atoms with Crippen LogP contribution in [0, 0.1) is 0 Å². The number of aliphatic carboxylic acids is 1. The predicted octanol–water partition coefficient (Wildman–Crippen LogP) is 2.33. The first kappa shape index (κ1) is 19.8. The first-order valence-corrected chi connectivity index (χ1v) is 9.44. The molecule has 1 amide bonds. The molecule has 0 spiro atoms. The molecule has 1 aromatic carbocycles. The molecule has 3 rings (SSSR count). The number of nitrogens with zero attached hydrogens (tertiary/aromatic N) is 2. The molecule has 0 unspecified atom stereocenters. The average Bonchev–Trinajstić information content (AvgIpc) is 2.68. The summed E-state index contributed by atoms with van der Waals surface area (Å²) in [7, 11) is 0. The van der Waals surface area contributed by atoms with E-state index in [1.807, 2.05) is 42.2 Å². The number of carbonyl (C=O) groups excluding carboxylic acids is 1. The van der Waals surface area contributed by atoms with Crippen LogP contribution in [0.3, 0.4) is 0 Å². The third kappa shape index (κ3) is 5.29. The molecule has 0 saturated heterocycles. The van der Waals surface area contributed by atoms with Crippen molar-refractivity contribution in [3.63, 3.8) is 0 Å². The highest BCUT2D eigenvalue weighted by molar-refractivity contribution is 5.94. The Bertz CT molecular complexity index is 806. The van der Waals surface area contributed by atoms with Crippen LogP contribution in [-0.4, -0.2) is 52.0 Å². The molecule has 0 atom stereocenters. The Morgan fingerprint density at radius 1 is 1.25 bits per heavy atom. The molecule has 2 N–H and O–H groups in total. The highest BCUT2D eigenvalue weighted by Gasteiger charge is 2.34. The van der Waals surface area contributed by atoms with Crippen molar-refractivity contribution in [2.75, 3.05) is 13.1 Å². The maximum atomic E-state index is 12.5. The van der Waals surface area contributed by atoms with Crippen LogP contribution in [0.25, 0.3) is 0 Å². The minimum atomic E-state index is -0.825. The van der Waals surface area contributed by atoms with E-state index in [4.69, 9.17) is 9.84 Å². The Morgan fingerprint density at radius 2 is 2.00 bits per heavy atom. The first-order valence-electron chi connectivity index (χ1n) is 9.44. The molecule has 1 aliphatic rings. The van der Waals surface area contributed by atoms with Crippen LogP contribution in [0.4, 0.5) is 0 Å². The zero-order valence-corrected chi connectivity index (χ0v) is 15.9. The van der Waals surface area contributed by atoms with E-state index < -0.39 is 5.97 Å². The summed E-state index contributed by atoms with van der Waals surface area (Å²) in [6.07, 6.45) is 3.08. The molecule has 0 bridgehead atoms. The maximum Gasteiger partial charge on any atom is 0.317 e. The van der Waals surface area contributed by atoms with Crippen LogP contribution in [0.5, 0.6) is 5.88 Å². The molecule has 1 heterocycles. The molecular weight excluding hydrogens is 358 g/mol. The van der Waals surface area contributed by atoms with Crippen molar-refractivity contribution in [2.24, 2.45) is 0 Å². The highest BCUT2D eigenvalue weighted by Crippen LogP contribution is 2.26. The Balaban J connectivity index is 1.49. The summed E-state index contributed by atoms with van der Waals surface area (Å²) in [4.78, 5) is 29.5. The van der Waals surface area contributed by atoms with Gasteiger partial charge in [0, 0.05) is 29.9 Å². The molecule has 28 heavy (non-hydrogen) atoms. The summed E-state index contributed by atoms with van der Waals surface area (Å²) in [6.45, 7) is 3.06. The number of likely N-dealkylation sites (N-methyl/N-ethyl adjacent to an activating group) is 1. The molecule has 1 aromatic heterocycles. The van der Waals surface area contributed by atoms with E-state index in [1.165, 1.54) is 0 Å². The van der Waals surface area contributed by atoms with Gasteiger partial charge in [-0.05, 0) is 31.0 Å². The third-order valence-corrected chi connectivity index (χ3v) is 4.94. The molecule has 7 nitrogen and oxygen atoms in total. The SMILES string of the molecule is CCN(CC(=O)O)C1CC(NC(=O)c2ccnc(OCc3ccccc3)c2)C1. The van der Waals surface area contributed by atoms with Crippen LogP contribution in [0.15, 0.2) is 48.7 Å². The number of hydrogen-bond donors (Lipinski definition) is 2. The Morgan fingerprint density at radius 3 is 2.68 bits per heavy atom. The van der Waals surface area contributed by atoms with Gasteiger partial charge in [0.2, 0.25) is 5.88 Å². The van der Waals surface area contributed by atoms with E-state index in [0.29, 0.717) is 24.6 Å². The van der Waals surface area contributed by atoms with Gasteiger partial charge >= 0.3 is 5.97 Å². The summed E-state index contributed by atoms with van der Waals surface area (Å²) >= 11 is 0. The van der Waals surface area contributed by atoms with Crippen molar-refractivity contribution in [1.29, 1.82) is 0 Å². The molecule has 0 radical (unpaired) electrons. The standard InChI is InChI=1S/C21H25N3O4/c1-2-24(13-20(25)26)18-11-17(12-18)23-21(27)16-8-9-22-19(10-16)28-14-15-6-4-3-5-7-15/h3-10,17-18H,2,11-14H2,1H3,(H,23,27)(H,25,26). The first-order chi connectivity index (χ1) is 13.5. The van der Waals surface area contributed by atoms with Gasteiger partial charge in [-0.1, -0.05) is 37.3 Å². The van der Waals surface area contributed by atoms with Gasteiger partial charge in [0.1, 0.15) is 6.61 Å². The molecule has 1 fully saturated rings. The van der Waals surface area contributed by atoms with Gasteiger partial charge < -0.3 is 15.2 Å². The van der Waals surface area contributed by atoms with E-state index in [-0.39, 0.29) is 24.5 Å². The summed E-state index contributed by atoms with van der Waals surface area (Å²) in [6, 6.07) is 13.3. The lowest BCUT2D eigenvalue weighted by atomic mass is 9.85. The second kappa shape index (κ2) is 9.32. The second-order valence-corrected chi connectivity index (χ2v) is 6.91. The van der Waals surface area contributed by atoms with E-state index in [1.54, 1.807) is 18.3 Å². The molecule has 1 aliphatic carbocycles. The summed E-state index contributed by atoms with van der Waals surface area (Å²) in [5, 5.41) is 12.0. The van der Waals surface area contributed by atoms with Crippen molar-refractivity contribution < 1.29 is 19.4 Å². The Hall–Kier alpha value is -2.93. The van der Waals surface area contributed by atoms with E-state index >= 15 is 0 Å². The number of nitrogens with one attached hydrogen (secondary N) is 1. The predicted molar refractivity (Wildman–Crippen MR) is 104 cm³/mol.